The van der Waals surface area contributed by atoms with Crippen molar-refractivity contribution in [3.63, 3.8) is 0 Å². The topological polar surface area (TPSA) is 76.6 Å². The summed E-state index contributed by atoms with van der Waals surface area (Å²) in [6.45, 7) is 5.24. The van der Waals surface area contributed by atoms with Crippen LogP contribution in [0.3, 0.4) is 0 Å². The van der Waals surface area contributed by atoms with Crippen LogP contribution >= 0.6 is 11.3 Å². The molecular weight excluding hydrogens is 408 g/mol. The van der Waals surface area contributed by atoms with E-state index in [-0.39, 0.29) is 29.9 Å². The molecular formula is C21H28N2O4S2. The van der Waals surface area contributed by atoms with Crippen LogP contribution in [0.25, 0.3) is 10.6 Å². The summed E-state index contributed by atoms with van der Waals surface area (Å²) in [5, 5.41) is 2.77. The van der Waals surface area contributed by atoms with Gasteiger partial charge in [0.25, 0.3) is 0 Å². The number of thiazole rings is 1. The molecule has 2 aromatic rings. The third-order valence-electron chi connectivity index (χ3n) is 5.02. The Hall–Kier alpha value is -1.93. The van der Waals surface area contributed by atoms with Crippen molar-refractivity contribution in [1.29, 1.82) is 0 Å². The van der Waals surface area contributed by atoms with Crippen molar-refractivity contribution >= 4 is 27.1 Å². The molecule has 0 bridgehead atoms. The van der Waals surface area contributed by atoms with E-state index in [1.54, 1.807) is 4.90 Å². The molecule has 1 saturated heterocycles. The number of sulfone groups is 1. The van der Waals surface area contributed by atoms with E-state index < -0.39 is 9.84 Å². The predicted octanol–water partition coefficient (Wildman–Crippen LogP) is 3.57. The number of aromatic nitrogens is 1. The molecule has 158 valence electrons. The van der Waals surface area contributed by atoms with Crippen LogP contribution in [0.1, 0.15) is 38.8 Å². The highest BCUT2D eigenvalue weighted by molar-refractivity contribution is 7.91. The Morgan fingerprint density at radius 3 is 2.66 bits per heavy atom. The number of carbonyl (C=O) groups excluding carboxylic acids is 1. The lowest BCUT2D eigenvalue weighted by atomic mass is 10.1. The second-order valence-corrected chi connectivity index (χ2v) is 10.4. The fourth-order valence-corrected chi connectivity index (χ4v) is 6.05. The zero-order valence-corrected chi connectivity index (χ0v) is 18.6. The largest absolute Gasteiger partial charge is 0.494 e. The molecule has 6 nitrogen and oxygen atoms in total. The van der Waals surface area contributed by atoms with Crippen molar-refractivity contribution in [3.05, 3.63) is 35.3 Å². The van der Waals surface area contributed by atoms with Gasteiger partial charge in [-0.15, -0.1) is 11.3 Å². The van der Waals surface area contributed by atoms with Crippen LogP contribution in [0.2, 0.25) is 0 Å². The molecule has 0 aliphatic carbocycles. The normalized spacial score (nSPS) is 17.9. The number of hydrogen-bond donors (Lipinski definition) is 0. The minimum atomic E-state index is -3.03. The highest BCUT2D eigenvalue weighted by Crippen LogP contribution is 2.27. The van der Waals surface area contributed by atoms with Crippen molar-refractivity contribution in [2.75, 3.05) is 24.7 Å². The summed E-state index contributed by atoms with van der Waals surface area (Å²) in [6.07, 6.45) is 2.57. The molecule has 1 aliphatic rings. The molecule has 3 rings (SSSR count). The average Bonchev–Trinajstić information content (AvgIpc) is 3.29. The Balaban J connectivity index is 1.68. The number of amides is 1. The zero-order valence-electron chi connectivity index (χ0n) is 17.0. The first-order chi connectivity index (χ1) is 13.9. The van der Waals surface area contributed by atoms with Gasteiger partial charge in [0.1, 0.15) is 10.8 Å². The number of ether oxygens (including phenoxy) is 1. The number of hydrogen-bond acceptors (Lipinski definition) is 6. The molecule has 0 saturated carbocycles. The highest BCUT2D eigenvalue weighted by atomic mass is 32.2. The Bertz CT molecular complexity index is 922. The van der Waals surface area contributed by atoms with E-state index in [0.29, 0.717) is 19.6 Å². The van der Waals surface area contributed by atoms with Crippen molar-refractivity contribution in [3.8, 4) is 16.3 Å². The standard InChI is InChI=1S/C21H28N2O4S2/c1-3-5-11-23(18-10-12-29(25,26)15-18)20(24)13-17-14-28-21(22-17)16-6-8-19(9-7-16)27-4-2/h6-9,14,18H,3-5,10-13,15H2,1-2H3. The molecule has 1 aliphatic heterocycles. The van der Waals surface area contributed by atoms with Crippen LogP contribution in [0, 0.1) is 0 Å². The maximum atomic E-state index is 13.0. The fourth-order valence-electron chi connectivity index (χ4n) is 3.50. The molecule has 1 unspecified atom stereocenters. The Morgan fingerprint density at radius 2 is 2.03 bits per heavy atom. The van der Waals surface area contributed by atoms with Gasteiger partial charge in [0.2, 0.25) is 5.91 Å². The van der Waals surface area contributed by atoms with Crippen LogP contribution in [0.4, 0.5) is 0 Å². The summed E-state index contributed by atoms with van der Waals surface area (Å²) in [6, 6.07) is 7.55. The lowest BCUT2D eigenvalue weighted by Gasteiger charge is -2.28. The Labute approximate surface area is 176 Å². The third kappa shape index (κ3) is 5.79. The third-order valence-corrected chi connectivity index (χ3v) is 7.71. The van der Waals surface area contributed by atoms with Gasteiger partial charge in [-0.3, -0.25) is 4.79 Å². The maximum absolute atomic E-state index is 13.0. The summed E-state index contributed by atoms with van der Waals surface area (Å²) < 4.78 is 29.2. The van der Waals surface area contributed by atoms with E-state index in [2.05, 4.69) is 11.9 Å². The summed E-state index contributed by atoms with van der Waals surface area (Å²) in [5.74, 6) is 1.04. The molecule has 2 heterocycles. The molecule has 0 spiro atoms. The maximum Gasteiger partial charge on any atom is 0.228 e. The van der Waals surface area contributed by atoms with E-state index in [4.69, 9.17) is 4.74 Å². The monoisotopic (exact) mass is 436 g/mol. The smallest absolute Gasteiger partial charge is 0.228 e. The van der Waals surface area contributed by atoms with Gasteiger partial charge in [-0.25, -0.2) is 13.4 Å². The summed E-state index contributed by atoms with van der Waals surface area (Å²) in [5.41, 5.74) is 1.72. The van der Waals surface area contributed by atoms with Crippen molar-refractivity contribution in [2.45, 2.75) is 45.6 Å². The van der Waals surface area contributed by atoms with E-state index in [9.17, 15) is 13.2 Å². The van der Waals surface area contributed by atoms with E-state index in [0.717, 1.165) is 34.9 Å². The summed E-state index contributed by atoms with van der Waals surface area (Å²) >= 11 is 1.51. The summed E-state index contributed by atoms with van der Waals surface area (Å²) in [4.78, 5) is 19.4. The number of carbonyl (C=O) groups is 1. The minimum absolute atomic E-state index is 0.0379. The van der Waals surface area contributed by atoms with Crippen LogP contribution < -0.4 is 4.74 Å². The van der Waals surface area contributed by atoms with Gasteiger partial charge in [-0.2, -0.15) is 0 Å². The molecule has 1 aromatic heterocycles. The van der Waals surface area contributed by atoms with Gasteiger partial charge in [-0.1, -0.05) is 13.3 Å². The number of rotatable bonds is 9. The first-order valence-corrected chi connectivity index (χ1v) is 12.8. The lowest BCUT2D eigenvalue weighted by Crippen LogP contribution is -2.42. The number of nitrogens with zero attached hydrogens (tertiary/aromatic N) is 2. The Kier molecular flexibility index (Phi) is 7.29. The molecule has 1 fully saturated rings. The highest BCUT2D eigenvalue weighted by Gasteiger charge is 2.34. The van der Waals surface area contributed by atoms with Crippen molar-refractivity contribution in [1.82, 2.24) is 9.88 Å². The molecule has 1 amide bonds. The molecule has 1 aromatic carbocycles. The minimum Gasteiger partial charge on any atom is -0.494 e. The second kappa shape index (κ2) is 9.71. The first kappa shape index (κ1) is 21.8. The SMILES string of the molecule is CCCCN(C(=O)Cc1csc(-c2ccc(OCC)cc2)n1)C1CCS(=O)(=O)C1. The number of unbranched alkanes of at least 4 members (excludes halogenated alkanes) is 1. The van der Waals surface area contributed by atoms with E-state index >= 15 is 0 Å². The van der Waals surface area contributed by atoms with E-state index in [1.807, 2.05) is 36.6 Å². The van der Waals surface area contributed by atoms with Gasteiger partial charge in [-0.05, 0) is 44.0 Å². The molecule has 29 heavy (non-hydrogen) atoms. The van der Waals surface area contributed by atoms with E-state index in [1.165, 1.54) is 11.3 Å². The first-order valence-electron chi connectivity index (χ1n) is 10.1. The predicted molar refractivity (Wildman–Crippen MR) is 116 cm³/mol. The zero-order chi connectivity index (χ0) is 20.9. The number of benzene rings is 1. The molecule has 1 atom stereocenters. The quantitative estimate of drug-likeness (QED) is 0.601. The molecule has 8 heteroatoms. The molecule has 0 N–H and O–H groups in total. The van der Waals surface area contributed by atoms with Gasteiger partial charge in [0.05, 0.1) is 30.2 Å². The Morgan fingerprint density at radius 1 is 1.28 bits per heavy atom. The van der Waals surface area contributed by atoms with Crippen molar-refractivity contribution in [2.24, 2.45) is 0 Å². The fraction of sp³-hybridized carbons (Fsp3) is 0.524. The van der Waals surface area contributed by atoms with Crippen molar-refractivity contribution < 1.29 is 17.9 Å². The van der Waals surface area contributed by atoms with Crippen LogP contribution in [0.15, 0.2) is 29.6 Å². The lowest BCUT2D eigenvalue weighted by molar-refractivity contribution is -0.132. The van der Waals surface area contributed by atoms with Crippen LogP contribution in [-0.4, -0.2) is 54.9 Å². The summed E-state index contributed by atoms with van der Waals surface area (Å²) in [7, 11) is -3.03. The van der Waals surface area contributed by atoms with Gasteiger partial charge >= 0.3 is 0 Å². The molecule has 0 radical (unpaired) electrons. The van der Waals surface area contributed by atoms with Gasteiger partial charge < -0.3 is 9.64 Å². The van der Waals surface area contributed by atoms with Gasteiger partial charge in [0.15, 0.2) is 9.84 Å². The van der Waals surface area contributed by atoms with Crippen LogP contribution in [-0.2, 0) is 21.1 Å². The average molecular weight is 437 g/mol. The second-order valence-electron chi connectivity index (χ2n) is 7.28. The van der Waals surface area contributed by atoms with Crippen LogP contribution in [0.5, 0.6) is 5.75 Å². The van der Waals surface area contributed by atoms with Gasteiger partial charge in [0, 0.05) is 23.5 Å².